The van der Waals surface area contributed by atoms with Crippen molar-refractivity contribution >= 4 is 39.1 Å². The largest absolute Gasteiger partial charge is 0.497 e. The fraction of sp³-hybridized carbons (Fsp3) is 0.297. The molecular weight excluding hydrogens is 653 g/mol. The first-order valence-electron chi connectivity index (χ1n) is 15.9. The summed E-state index contributed by atoms with van der Waals surface area (Å²) in [6, 6.07) is 26.1. The normalized spacial score (nSPS) is 14.1. The zero-order valence-corrected chi connectivity index (χ0v) is 28.3. The fourth-order valence-electron chi connectivity index (χ4n) is 5.94. The van der Waals surface area contributed by atoms with Gasteiger partial charge in [-0.1, -0.05) is 73.3 Å². The minimum absolute atomic E-state index is 0.00514. The van der Waals surface area contributed by atoms with E-state index in [1.54, 1.807) is 24.3 Å². The molecule has 0 spiro atoms. The molecule has 5 rings (SSSR count). The molecule has 1 atom stereocenters. The van der Waals surface area contributed by atoms with Gasteiger partial charge in [-0.25, -0.2) is 12.8 Å². The van der Waals surface area contributed by atoms with Gasteiger partial charge in [0.25, 0.3) is 10.0 Å². The first-order chi connectivity index (χ1) is 23.1. The Labute approximate surface area is 286 Å². The molecule has 1 aliphatic rings. The zero-order chi connectivity index (χ0) is 34.1. The number of nitrogens with one attached hydrogen (secondary N) is 1. The molecule has 11 heteroatoms. The Kier molecular flexibility index (Phi) is 11.7. The van der Waals surface area contributed by atoms with Crippen LogP contribution in [0.15, 0.2) is 108 Å². The molecule has 0 aromatic heterocycles. The summed E-state index contributed by atoms with van der Waals surface area (Å²) in [5, 5.41) is 3.65. The number of carbonyl (C=O) groups is 2. The van der Waals surface area contributed by atoms with E-state index < -0.39 is 34.3 Å². The summed E-state index contributed by atoms with van der Waals surface area (Å²) in [4.78, 5) is 30.1. The molecule has 1 saturated carbocycles. The second kappa shape index (κ2) is 16.1. The molecule has 0 bridgehead atoms. The average molecular weight is 692 g/mol. The summed E-state index contributed by atoms with van der Waals surface area (Å²) in [7, 11) is -2.87. The quantitative estimate of drug-likeness (QED) is 0.167. The molecule has 252 valence electrons. The number of nitrogens with zero attached hydrogens (tertiary/aromatic N) is 2. The van der Waals surface area contributed by atoms with Gasteiger partial charge in [0, 0.05) is 24.0 Å². The monoisotopic (exact) mass is 691 g/mol. The van der Waals surface area contributed by atoms with Gasteiger partial charge in [-0.15, -0.1) is 0 Å². The molecule has 1 N–H and O–H groups in total. The SMILES string of the molecule is COc1ccc(S(=O)(=O)N(CC(=O)N(Cc2cccc(Cl)c2)C(Cc2ccccc2)C(=O)NC2CCCCC2)c2ccc(F)cc2)cc1. The van der Waals surface area contributed by atoms with Gasteiger partial charge < -0.3 is 15.0 Å². The highest BCUT2D eigenvalue weighted by Crippen LogP contribution is 2.27. The van der Waals surface area contributed by atoms with E-state index >= 15 is 0 Å². The predicted octanol–water partition coefficient (Wildman–Crippen LogP) is 6.77. The third-order valence-electron chi connectivity index (χ3n) is 8.51. The van der Waals surface area contributed by atoms with Crippen molar-refractivity contribution in [1.82, 2.24) is 10.2 Å². The van der Waals surface area contributed by atoms with E-state index in [0.717, 1.165) is 54.1 Å². The van der Waals surface area contributed by atoms with Crippen molar-refractivity contribution in [3.63, 3.8) is 0 Å². The third kappa shape index (κ3) is 8.93. The van der Waals surface area contributed by atoms with E-state index in [2.05, 4.69) is 5.32 Å². The number of amides is 2. The van der Waals surface area contributed by atoms with Crippen LogP contribution < -0.4 is 14.4 Å². The minimum atomic E-state index is -4.34. The number of anilines is 1. The van der Waals surface area contributed by atoms with E-state index in [-0.39, 0.29) is 35.5 Å². The Balaban J connectivity index is 1.56. The first kappa shape index (κ1) is 34.9. The Morgan fingerprint density at radius 3 is 2.21 bits per heavy atom. The summed E-state index contributed by atoms with van der Waals surface area (Å²) in [6.07, 6.45) is 5.04. The predicted molar refractivity (Wildman–Crippen MR) is 185 cm³/mol. The van der Waals surface area contributed by atoms with Gasteiger partial charge in [-0.05, 0) is 84.6 Å². The van der Waals surface area contributed by atoms with Crippen LogP contribution in [0.3, 0.4) is 0 Å². The highest BCUT2D eigenvalue weighted by atomic mass is 35.5. The minimum Gasteiger partial charge on any atom is -0.497 e. The topological polar surface area (TPSA) is 96.0 Å². The fourth-order valence-corrected chi connectivity index (χ4v) is 7.57. The van der Waals surface area contributed by atoms with Gasteiger partial charge in [0.2, 0.25) is 11.8 Å². The van der Waals surface area contributed by atoms with Crippen LogP contribution in [0.5, 0.6) is 5.75 Å². The van der Waals surface area contributed by atoms with Crippen molar-refractivity contribution in [3.8, 4) is 5.75 Å². The zero-order valence-electron chi connectivity index (χ0n) is 26.7. The molecule has 4 aromatic carbocycles. The Morgan fingerprint density at radius 2 is 1.56 bits per heavy atom. The number of carbonyl (C=O) groups excluding carboxylic acids is 2. The second-order valence-electron chi connectivity index (χ2n) is 11.9. The van der Waals surface area contributed by atoms with Crippen molar-refractivity contribution in [2.75, 3.05) is 18.0 Å². The lowest BCUT2D eigenvalue weighted by Crippen LogP contribution is -2.55. The average Bonchev–Trinajstić information content (AvgIpc) is 3.10. The van der Waals surface area contributed by atoms with Crippen LogP contribution in [0.2, 0.25) is 5.02 Å². The van der Waals surface area contributed by atoms with Crippen LogP contribution in [0.1, 0.15) is 43.2 Å². The van der Waals surface area contributed by atoms with Crippen molar-refractivity contribution in [3.05, 3.63) is 125 Å². The van der Waals surface area contributed by atoms with E-state index in [1.165, 1.54) is 48.4 Å². The van der Waals surface area contributed by atoms with E-state index in [0.29, 0.717) is 16.3 Å². The number of methoxy groups -OCH3 is 1. The van der Waals surface area contributed by atoms with E-state index in [1.807, 2.05) is 30.3 Å². The van der Waals surface area contributed by atoms with Crippen molar-refractivity contribution in [2.45, 2.75) is 62.0 Å². The van der Waals surface area contributed by atoms with Crippen LogP contribution in [0.4, 0.5) is 10.1 Å². The molecule has 4 aromatic rings. The highest BCUT2D eigenvalue weighted by molar-refractivity contribution is 7.92. The molecular formula is C37H39ClFN3O5S. The summed E-state index contributed by atoms with van der Waals surface area (Å²) in [5.41, 5.74) is 1.60. The van der Waals surface area contributed by atoms with Crippen molar-refractivity contribution < 1.29 is 27.1 Å². The number of halogens is 2. The van der Waals surface area contributed by atoms with Crippen LogP contribution in [-0.2, 0) is 32.6 Å². The van der Waals surface area contributed by atoms with Gasteiger partial charge in [-0.2, -0.15) is 0 Å². The van der Waals surface area contributed by atoms with E-state index in [4.69, 9.17) is 16.3 Å². The molecule has 1 aliphatic carbocycles. The molecule has 8 nitrogen and oxygen atoms in total. The van der Waals surface area contributed by atoms with Gasteiger partial charge in [-0.3, -0.25) is 13.9 Å². The third-order valence-corrected chi connectivity index (χ3v) is 10.5. The number of hydrogen-bond acceptors (Lipinski definition) is 5. The van der Waals surface area contributed by atoms with Gasteiger partial charge in [0.05, 0.1) is 17.7 Å². The lowest BCUT2D eigenvalue weighted by atomic mass is 9.94. The molecule has 0 radical (unpaired) electrons. The van der Waals surface area contributed by atoms with Crippen LogP contribution >= 0.6 is 11.6 Å². The van der Waals surface area contributed by atoms with Crippen molar-refractivity contribution in [1.29, 1.82) is 0 Å². The molecule has 1 unspecified atom stereocenters. The van der Waals surface area contributed by atoms with Gasteiger partial charge in [0.15, 0.2) is 0 Å². The summed E-state index contributed by atoms with van der Waals surface area (Å²) >= 11 is 6.33. The molecule has 2 amide bonds. The second-order valence-corrected chi connectivity index (χ2v) is 14.2. The molecule has 1 fully saturated rings. The highest BCUT2D eigenvalue weighted by Gasteiger charge is 2.35. The smallest absolute Gasteiger partial charge is 0.264 e. The van der Waals surface area contributed by atoms with Crippen LogP contribution in [-0.4, -0.2) is 50.9 Å². The molecule has 0 heterocycles. The number of benzene rings is 4. The van der Waals surface area contributed by atoms with Crippen molar-refractivity contribution in [2.24, 2.45) is 0 Å². The van der Waals surface area contributed by atoms with E-state index in [9.17, 15) is 22.4 Å². The summed E-state index contributed by atoms with van der Waals surface area (Å²) in [5.74, 6) is -1.03. The maximum Gasteiger partial charge on any atom is 0.264 e. The molecule has 0 aliphatic heterocycles. The molecule has 48 heavy (non-hydrogen) atoms. The van der Waals surface area contributed by atoms with Gasteiger partial charge in [0.1, 0.15) is 24.2 Å². The maximum atomic E-state index is 14.6. The Bertz CT molecular complexity index is 1780. The van der Waals surface area contributed by atoms with Crippen LogP contribution in [0.25, 0.3) is 0 Å². The summed E-state index contributed by atoms with van der Waals surface area (Å²) in [6.45, 7) is -0.655. The number of sulfonamides is 1. The lowest BCUT2D eigenvalue weighted by Gasteiger charge is -2.35. The molecule has 0 saturated heterocycles. The lowest BCUT2D eigenvalue weighted by molar-refractivity contribution is -0.140. The number of rotatable bonds is 13. The number of ether oxygens (including phenoxy) is 1. The maximum absolute atomic E-state index is 14.6. The van der Waals surface area contributed by atoms with Gasteiger partial charge >= 0.3 is 0 Å². The standard InChI is InChI=1S/C37H39ClFN3O5S/c1-47-33-19-21-34(22-20-33)48(45,46)42(32-17-15-30(39)16-18-32)26-36(43)41(25-28-11-8-12-29(38)23-28)35(24-27-9-4-2-5-10-27)37(44)40-31-13-6-3-7-14-31/h2,4-5,8-12,15-23,31,35H,3,6-7,13-14,24-26H2,1H3,(H,40,44). The van der Waals surface area contributed by atoms with Crippen LogP contribution in [0, 0.1) is 5.82 Å². The number of hydrogen-bond donors (Lipinski definition) is 1. The summed E-state index contributed by atoms with van der Waals surface area (Å²) < 4.78 is 48.5. The first-order valence-corrected chi connectivity index (χ1v) is 17.8. The Hall–Kier alpha value is -4.41. The Morgan fingerprint density at radius 1 is 0.896 bits per heavy atom.